The summed E-state index contributed by atoms with van der Waals surface area (Å²) in [6, 6.07) is 8.10. The van der Waals surface area contributed by atoms with E-state index in [0.29, 0.717) is 26.4 Å². The van der Waals surface area contributed by atoms with Crippen LogP contribution in [0.5, 0.6) is 0 Å². The van der Waals surface area contributed by atoms with Gasteiger partial charge in [-0.3, -0.25) is 0 Å². The molecule has 0 heterocycles. The number of methoxy groups -OCH3 is 1. The lowest BCUT2D eigenvalue weighted by Gasteiger charge is -2.22. The molecule has 1 aromatic rings. The van der Waals surface area contributed by atoms with Crippen molar-refractivity contribution in [3.63, 3.8) is 0 Å². The zero-order valence-corrected chi connectivity index (χ0v) is 18.1. The van der Waals surface area contributed by atoms with Crippen LogP contribution in [0.3, 0.4) is 0 Å². The molecular weight excluding hydrogens is 445 g/mol. The van der Waals surface area contributed by atoms with Crippen LogP contribution in [0.25, 0.3) is 0 Å². The van der Waals surface area contributed by atoms with Gasteiger partial charge in [-0.2, -0.15) is 0 Å². The van der Waals surface area contributed by atoms with Gasteiger partial charge in [0.05, 0.1) is 19.8 Å². The van der Waals surface area contributed by atoms with Gasteiger partial charge in [-0.1, -0.05) is 24.3 Å². The van der Waals surface area contributed by atoms with Gasteiger partial charge in [0.2, 0.25) is 0 Å². The molecule has 26 heavy (non-hydrogen) atoms. The molecule has 148 valence electrons. The molecule has 2 rings (SSSR count). The fourth-order valence-corrected chi connectivity index (χ4v) is 3.01. The van der Waals surface area contributed by atoms with Crippen molar-refractivity contribution < 1.29 is 14.6 Å². The molecule has 1 atom stereocenters. The van der Waals surface area contributed by atoms with Gasteiger partial charge >= 0.3 is 0 Å². The quantitative estimate of drug-likeness (QED) is 0.208. The van der Waals surface area contributed by atoms with Crippen LogP contribution in [0.2, 0.25) is 0 Å². The van der Waals surface area contributed by atoms with Crippen molar-refractivity contribution in [1.29, 1.82) is 0 Å². The number of hydrogen-bond donors (Lipinski definition) is 3. The Morgan fingerprint density at radius 3 is 2.81 bits per heavy atom. The van der Waals surface area contributed by atoms with E-state index in [-0.39, 0.29) is 24.0 Å². The topological polar surface area (TPSA) is 75.1 Å². The smallest absolute Gasteiger partial charge is 0.191 e. The van der Waals surface area contributed by atoms with Gasteiger partial charge in [0.1, 0.15) is 5.60 Å². The highest BCUT2D eigenvalue weighted by Crippen LogP contribution is 2.36. The van der Waals surface area contributed by atoms with Crippen LogP contribution in [0.15, 0.2) is 29.3 Å². The summed E-state index contributed by atoms with van der Waals surface area (Å²) in [7, 11) is 1.67. The Labute approximate surface area is 173 Å². The second kappa shape index (κ2) is 12.5. The van der Waals surface area contributed by atoms with Crippen LogP contribution in [-0.2, 0) is 21.5 Å². The molecule has 3 N–H and O–H groups in total. The van der Waals surface area contributed by atoms with Gasteiger partial charge in [0, 0.05) is 26.8 Å². The summed E-state index contributed by atoms with van der Waals surface area (Å²) in [5.41, 5.74) is 1.38. The first-order valence-corrected chi connectivity index (χ1v) is 9.09. The van der Waals surface area contributed by atoms with Crippen molar-refractivity contribution in [1.82, 2.24) is 10.6 Å². The van der Waals surface area contributed by atoms with Crippen LogP contribution in [0, 0.1) is 0 Å². The number of nitrogens with zero attached hydrogens (tertiary/aromatic N) is 1. The molecule has 7 heteroatoms. The lowest BCUT2D eigenvalue weighted by molar-refractivity contribution is 0.0485. The number of ether oxygens (including phenoxy) is 2. The summed E-state index contributed by atoms with van der Waals surface area (Å²) in [6.45, 7) is 5.88. The van der Waals surface area contributed by atoms with Crippen LogP contribution in [-0.4, -0.2) is 57.6 Å². The Bertz CT molecular complexity index is 557. The molecule has 0 fully saturated rings. The fraction of sp³-hybridized carbons (Fsp3) is 0.632. The van der Waals surface area contributed by atoms with E-state index in [9.17, 15) is 5.11 Å². The molecule has 1 aromatic carbocycles. The highest BCUT2D eigenvalue weighted by molar-refractivity contribution is 14.0. The van der Waals surface area contributed by atoms with E-state index in [0.717, 1.165) is 43.9 Å². The van der Waals surface area contributed by atoms with Gasteiger partial charge in [-0.25, -0.2) is 4.99 Å². The molecule has 0 saturated carbocycles. The van der Waals surface area contributed by atoms with E-state index in [2.05, 4.69) is 21.7 Å². The minimum atomic E-state index is -0.859. The summed E-state index contributed by atoms with van der Waals surface area (Å²) in [6.07, 6.45) is 2.52. The van der Waals surface area contributed by atoms with Crippen molar-refractivity contribution in [2.45, 2.75) is 31.8 Å². The maximum Gasteiger partial charge on any atom is 0.191 e. The number of aliphatic hydroxyl groups is 1. The predicted molar refractivity (Wildman–Crippen MR) is 115 cm³/mol. The van der Waals surface area contributed by atoms with Crippen molar-refractivity contribution in [2.75, 3.05) is 46.6 Å². The van der Waals surface area contributed by atoms with Crippen LogP contribution >= 0.6 is 24.0 Å². The monoisotopic (exact) mass is 477 g/mol. The third-order valence-electron chi connectivity index (χ3n) is 4.36. The average Bonchev–Trinajstić information content (AvgIpc) is 2.97. The van der Waals surface area contributed by atoms with Crippen molar-refractivity contribution in [3.8, 4) is 0 Å². The van der Waals surface area contributed by atoms with E-state index in [4.69, 9.17) is 9.47 Å². The maximum absolute atomic E-state index is 11.0. The third kappa shape index (κ3) is 7.02. The molecule has 0 radical (unpaired) electrons. The fourth-order valence-electron chi connectivity index (χ4n) is 3.01. The number of rotatable bonds is 10. The Morgan fingerprint density at radius 1 is 1.23 bits per heavy atom. The Kier molecular flexibility index (Phi) is 11.1. The van der Waals surface area contributed by atoms with Crippen LogP contribution in [0.4, 0.5) is 0 Å². The molecule has 1 aliphatic carbocycles. The molecule has 0 saturated heterocycles. The Balaban J connectivity index is 0.00000338. The van der Waals surface area contributed by atoms with E-state index in [1.807, 2.05) is 25.1 Å². The first-order valence-electron chi connectivity index (χ1n) is 9.09. The molecule has 0 aromatic heterocycles. The number of halogens is 1. The van der Waals surface area contributed by atoms with Gasteiger partial charge in [0.15, 0.2) is 5.96 Å². The van der Waals surface area contributed by atoms with Gasteiger partial charge in [0.25, 0.3) is 0 Å². The van der Waals surface area contributed by atoms with E-state index >= 15 is 0 Å². The van der Waals surface area contributed by atoms with Crippen LogP contribution in [0.1, 0.15) is 30.9 Å². The molecule has 0 aliphatic heterocycles. The molecular formula is C19H32IN3O3. The number of benzene rings is 1. The number of guanidine groups is 1. The van der Waals surface area contributed by atoms with Crippen molar-refractivity contribution in [3.05, 3.63) is 35.4 Å². The van der Waals surface area contributed by atoms with Crippen LogP contribution < -0.4 is 10.6 Å². The average molecular weight is 477 g/mol. The highest BCUT2D eigenvalue weighted by Gasteiger charge is 2.36. The molecule has 1 unspecified atom stereocenters. The SMILES string of the molecule is CCNC(=NCC1(O)CCc2ccccc21)NCCCOCCOC.I. The van der Waals surface area contributed by atoms with E-state index < -0.39 is 5.60 Å². The number of hydrogen-bond acceptors (Lipinski definition) is 4. The number of aryl methyl sites for hydroxylation is 1. The maximum atomic E-state index is 11.0. The molecule has 1 aliphatic rings. The Morgan fingerprint density at radius 2 is 2.04 bits per heavy atom. The normalized spacial score (nSPS) is 19.0. The number of nitrogens with one attached hydrogen (secondary N) is 2. The zero-order chi connectivity index (χ0) is 18.0. The largest absolute Gasteiger partial charge is 0.383 e. The summed E-state index contributed by atoms with van der Waals surface area (Å²) in [4.78, 5) is 4.60. The minimum absolute atomic E-state index is 0. The predicted octanol–water partition coefficient (Wildman–Crippen LogP) is 2.05. The minimum Gasteiger partial charge on any atom is -0.383 e. The van der Waals surface area contributed by atoms with Gasteiger partial charge < -0.3 is 25.2 Å². The summed E-state index contributed by atoms with van der Waals surface area (Å²) in [5.74, 6) is 0.734. The van der Waals surface area contributed by atoms with Crippen molar-refractivity contribution in [2.24, 2.45) is 4.99 Å². The van der Waals surface area contributed by atoms with Gasteiger partial charge in [-0.15, -0.1) is 24.0 Å². The number of aliphatic imine (C=N–C) groups is 1. The van der Waals surface area contributed by atoms with Crippen molar-refractivity contribution >= 4 is 29.9 Å². The Hall–Kier alpha value is -0.900. The second-order valence-corrected chi connectivity index (χ2v) is 6.27. The lowest BCUT2D eigenvalue weighted by atomic mass is 9.96. The molecule has 6 nitrogen and oxygen atoms in total. The van der Waals surface area contributed by atoms with Gasteiger partial charge in [-0.05, 0) is 37.3 Å². The second-order valence-electron chi connectivity index (χ2n) is 6.27. The first-order chi connectivity index (χ1) is 12.2. The first kappa shape index (κ1) is 23.1. The molecule has 0 spiro atoms. The summed E-state index contributed by atoms with van der Waals surface area (Å²) >= 11 is 0. The molecule has 0 amide bonds. The molecule has 0 bridgehead atoms. The van der Waals surface area contributed by atoms with E-state index in [1.165, 1.54) is 5.56 Å². The zero-order valence-electron chi connectivity index (χ0n) is 15.8. The lowest BCUT2D eigenvalue weighted by Crippen LogP contribution is -2.39. The number of fused-ring (bicyclic) bond motifs is 1. The highest BCUT2D eigenvalue weighted by atomic mass is 127. The van der Waals surface area contributed by atoms with E-state index in [1.54, 1.807) is 7.11 Å². The standard InChI is InChI=1S/C19H31N3O3.HI/c1-3-20-18(21-11-6-12-25-14-13-24-2)22-15-19(23)10-9-16-7-4-5-8-17(16)19;/h4-5,7-8,23H,3,6,9-15H2,1-2H3,(H2,20,21,22);1H. The summed E-state index contributed by atoms with van der Waals surface area (Å²) in [5, 5.41) is 17.5. The summed E-state index contributed by atoms with van der Waals surface area (Å²) < 4.78 is 10.4. The third-order valence-corrected chi connectivity index (χ3v) is 4.36.